The van der Waals surface area contributed by atoms with Crippen molar-refractivity contribution in [3.63, 3.8) is 0 Å². The first-order valence-corrected chi connectivity index (χ1v) is 5.44. The predicted molar refractivity (Wildman–Crippen MR) is 61.9 cm³/mol. The van der Waals surface area contributed by atoms with Crippen LogP contribution < -0.4 is 5.32 Å². The summed E-state index contributed by atoms with van der Waals surface area (Å²) >= 11 is 0. The van der Waals surface area contributed by atoms with Gasteiger partial charge in [-0.2, -0.15) is 0 Å². The number of hydrogen-bond acceptors (Lipinski definition) is 4. The van der Waals surface area contributed by atoms with E-state index in [2.05, 4.69) is 27.8 Å². The van der Waals surface area contributed by atoms with Gasteiger partial charge in [-0.1, -0.05) is 25.1 Å². The lowest BCUT2D eigenvalue weighted by Crippen LogP contribution is -2.09. The third-order valence-electron chi connectivity index (χ3n) is 2.27. The minimum absolute atomic E-state index is 0.650. The number of nitrogens with one attached hydrogen (secondary N) is 1. The summed E-state index contributed by atoms with van der Waals surface area (Å²) in [4.78, 5) is 0. The highest BCUT2D eigenvalue weighted by atomic mass is 15.5. The third-order valence-corrected chi connectivity index (χ3v) is 2.27. The van der Waals surface area contributed by atoms with Gasteiger partial charge in [0.1, 0.15) is 0 Å². The van der Waals surface area contributed by atoms with E-state index in [4.69, 9.17) is 0 Å². The lowest BCUT2D eigenvalue weighted by atomic mass is 10.3. The molecule has 2 aromatic rings. The molecule has 0 atom stereocenters. The number of hydrogen-bond donors (Lipinski definition) is 1. The normalized spacial score (nSPS) is 10.3. The minimum Gasteiger partial charge on any atom is -0.378 e. The molecule has 0 aliphatic carbocycles. The molecular weight excluding hydrogens is 202 g/mol. The second-order valence-electron chi connectivity index (χ2n) is 3.54. The number of tetrazole rings is 1. The average Bonchev–Trinajstić information content (AvgIpc) is 2.76. The molecule has 0 aliphatic rings. The van der Waals surface area contributed by atoms with Gasteiger partial charge in [0.25, 0.3) is 0 Å². The molecule has 2 rings (SSSR count). The third kappa shape index (κ3) is 2.56. The fourth-order valence-electron chi connectivity index (χ4n) is 1.47. The Morgan fingerprint density at radius 2 is 2.06 bits per heavy atom. The summed E-state index contributed by atoms with van der Waals surface area (Å²) < 4.78 is 1.83. The summed E-state index contributed by atoms with van der Waals surface area (Å²) in [6, 6.07) is 10.0. The second kappa shape index (κ2) is 5.25. The van der Waals surface area contributed by atoms with Crippen LogP contribution in [-0.4, -0.2) is 20.2 Å². The predicted octanol–water partition coefficient (Wildman–Crippen LogP) is 1.70. The maximum absolute atomic E-state index is 3.99. The smallest absolute Gasteiger partial charge is 0.170 e. The molecule has 0 saturated heterocycles. The van der Waals surface area contributed by atoms with E-state index in [9.17, 15) is 0 Å². The molecule has 1 heterocycles. The van der Waals surface area contributed by atoms with Gasteiger partial charge >= 0.3 is 0 Å². The number of nitrogens with zero attached hydrogens (tertiary/aromatic N) is 4. The van der Waals surface area contributed by atoms with Crippen molar-refractivity contribution in [2.75, 3.05) is 5.32 Å². The highest BCUT2D eigenvalue weighted by Crippen LogP contribution is 2.06. The van der Waals surface area contributed by atoms with E-state index >= 15 is 0 Å². The molecule has 0 fully saturated rings. The summed E-state index contributed by atoms with van der Waals surface area (Å²) in [5.41, 5.74) is 1.08. The first-order chi connectivity index (χ1) is 7.90. The van der Waals surface area contributed by atoms with E-state index < -0.39 is 0 Å². The van der Waals surface area contributed by atoms with Gasteiger partial charge in [-0.25, -0.2) is 4.68 Å². The Kier molecular flexibility index (Phi) is 3.48. The molecule has 84 valence electrons. The second-order valence-corrected chi connectivity index (χ2v) is 3.54. The first-order valence-electron chi connectivity index (χ1n) is 5.44. The molecule has 0 spiro atoms. The highest BCUT2D eigenvalue weighted by molar-refractivity contribution is 5.42. The number of aryl methyl sites for hydroxylation is 1. The molecule has 1 aromatic heterocycles. The van der Waals surface area contributed by atoms with Gasteiger partial charge < -0.3 is 5.32 Å². The molecule has 16 heavy (non-hydrogen) atoms. The zero-order valence-corrected chi connectivity index (χ0v) is 9.30. The quantitative estimate of drug-likeness (QED) is 0.828. The van der Waals surface area contributed by atoms with Crippen LogP contribution in [0.15, 0.2) is 30.3 Å². The Hall–Kier alpha value is -1.91. The molecule has 1 aromatic carbocycles. The SMILES string of the molecule is CCCn1nnnc1CNc1ccccc1. The van der Waals surface area contributed by atoms with Crippen LogP contribution >= 0.6 is 0 Å². The van der Waals surface area contributed by atoms with Crippen LogP contribution in [0.2, 0.25) is 0 Å². The number of para-hydroxylation sites is 1. The Balaban J connectivity index is 1.97. The van der Waals surface area contributed by atoms with Crippen LogP contribution in [0.5, 0.6) is 0 Å². The fraction of sp³-hybridized carbons (Fsp3) is 0.364. The molecule has 0 unspecified atom stereocenters. The zero-order chi connectivity index (χ0) is 11.2. The summed E-state index contributed by atoms with van der Waals surface area (Å²) in [7, 11) is 0. The van der Waals surface area contributed by atoms with E-state index in [1.54, 1.807) is 0 Å². The molecule has 0 aliphatic heterocycles. The topological polar surface area (TPSA) is 55.6 Å². The van der Waals surface area contributed by atoms with E-state index in [0.717, 1.165) is 24.5 Å². The van der Waals surface area contributed by atoms with Crippen molar-refractivity contribution >= 4 is 5.69 Å². The van der Waals surface area contributed by atoms with E-state index in [1.807, 2.05) is 35.0 Å². The lowest BCUT2D eigenvalue weighted by molar-refractivity contribution is 0.558. The fourth-order valence-corrected chi connectivity index (χ4v) is 1.47. The number of aromatic nitrogens is 4. The molecular formula is C11H15N5. The van der Waals surface area contributed by atoms with Crippen molar-refractivity contribution in [2.45, 2.75) is 26.4 Å². The van der Waals surface area contributed by atoms with Crippen molar-refractivity contribution < 1.29 is 0 Å². The number of anilines is 1. The lowest BCUT2D eigenvalue weighted by Gasteiger charge is -2.05. The molecule has 0 saturated carbocycles. The molecule has 0 amide bonds. The average molecular weight is 217 g/mol. The van der Waals surface area contributed by atoms with Crippen LogP contribution in [0.1, 0.15) is 19.2 Å². The Morgan fingerprint density at radius 3 is 2.81 bits per heavy atom. The van der Waals surface area contributed by atoms with Gasteiger partial charge in [-0.05, 0) is 29.0 Å². The minimum atomic E-state index is 0.650. The molecule has 5 heteroatoms. The molecule has 1 N–H and O–H groups in total. The standard InChI is InChI=1S/C11H15N5/c1-2-8-16-11(13-14-15-16)9-12-10-6-4-3-5-7-10/h3-7,12H,2,8-9H2,1H3. The Morgan fingerprint density at radius 1 is 1.25 bits per heavy atom. The summed E-state index contributed by atoms with van der Waals surface area (Å²) in [5, 5.41) is 14.9. The van der Waals surface area contributed by atoms with Crippen molar-refractivity contribution in [2.24, 2.45) is 0 Å². The molecule has 0 bridgehead atoms. The number of benzene rings is 1. The van der Waals surface area contributed by atoms with Gasteiger partial charge in [0.2, 0.25) is 0 Å². The van der Waals surface area contributed by atoms with Crippen LogP contribution in [0.25, 0.3) is 0 Å². The summed E-state index contributed by atoms with van der Waals surface area (Å²) in [6.45, 7) is 3.62. The van der Waals surface area contributed by atoms with E-state index in [0.29, 0.717) is 6.54 Å². The zero-order valence-electron chi connectivity index (χ0n) is 9.30. The maximum Gasteiger partial charge on any atom is 0.170 e. The monoisotopic (exact) mass is 217 g/mol. The van der Waals surface area contributed by atoms with Crippen LogP contribution in [-0.2, 0) is 13.1 Å². The summed E-state index contributed by atoms with van der Waals surface area (Å²) in [5.74, 6) is 0.866. The van der Waals surface area contributed by atoms with Crippen LogP contribution in [0, 0.1) is 0 Å². The van der Waals surface area contributed by atoms with Gasteiger partial charge in [-0.15, -0.1) is 5.10 Å². The molecule has 0 radical (unpaired) electrons. The Bertz CT molecular complexity index is 423. The number of rotatable bonds is 5. The van der Waals surface area contributed by atoms with Crippen molar-refractivity contribution in [3.05, 3.63) is 36.2 Å². The van der Waals surface area contributed by atoms with Gasteiger partial charge in [0.05, 0.1) is 6.54 Å². The Labute approximate surface area is 94.5 Å². The van der Waals surface area contributed by atoms with Crippen molar-refractivity contribution in [1.82, 2.24) is 20.2 Å². The van der Waals surface area contributed by atoms with E-state index in [1.165, 1.54) is 0 Å². The first kappa shape index (κ1) is 10.6. The van der Waals surface area contributed by atoms with Gasteiger partial charge in [-0.3, -0.25) is 0 Å². The van der Waals surface area contributed by atoms with Gasteiger partial charge in [0, 0.05) is 12.2 Å². The van der Waals surface area contributed by atoms with Gasteiger partial charge in [0.15, 0.2) is 5.82 Å². The highest BCUT2D eigenvalue weighted by Gasteiger charge is 2.03. The van der Waals surface area contributed by atoms with E-state index in [-0.39, 0.29) is 0 Å². The largest absolute Gasteiger partial charge is 0.378 e. The van der Waals surface area contributed by atoms with Crippen molar-refractivity contribution in [3.8, 4) is 0 Å². The van der Waals surface area contributed by atoms with Crippen LogP contribution in [0.4, 0.5) is 5.69 Å². The van der Waals surface area contributed by atoms with Crippen molar-refractivity contribution in [1.29, 1.82) is 0 Å². The maximum atomic E-state index is 3.99. The van der Waals surface area contributed by atoms with Crippen LogP contribution in [0.3, 0.4) is 0 Å². The molecule has 5 nitrogen and oxygen atoms in total. The summed E-state index contributed by atoms with van der Waals surface area (Å²) in [6.07, 6.45) is 1.03.